The lowest BCUT2D eigenvalue weighted by Gasteiger charge is -2.34. The van der Waals surface area contributed by atoms with Crippen LogP contribution in [0.1, 0.15) is 39.7 Å². The van der Waals surface area contributed by atoms with Crippen molar-refractivity contribution in [1.29, 1.82) is 0 Å². The number of amides is 1. The van der Waals surface area contributed by atoms with Crippen LogP contribution in [-0.2, 0) is 4.79 Å². The van der Waals surface area contributed by atoms with E-state index in [2.05, 4.69) is 17.0 Å². The number of likely N-dealkylation sites (tertiary alicyclic amines) is 1. The zero-order valence-corrected chi connectivity index (χ0v) is 16.5. The molecule has 2 aliphatic rings. The van der Waals surface area contributed by atoms with E-state index in [1.54, 1.807) is 16.2 Å². The molecule has 1 amide bonds. The molecule has 2 aromatic carbocycles. The summed E-state index contributed by atoms with van der Waals surface area (Å²) in [6.07, 6.45) is 2.18. The summed E-state index contributed by atoms with van der Waals surface area (Å²) in [6.45, 7) is 4.19. The van der Waals surface area contributed by atoms with Crippen LogP contribution < -0.4 is 4.90 Å². The van der Waals surface area contributed by atoms with E-state index in [4.69, 9.17) is 4.98 Å². The molecule has 0 N–H and O–H groups in total. The molecule has 0 spiro atoms. The van der Waals surface area contributed by atoms with E-state index in [0.29, 0.717) is 18.2 Å². The summed E-state index contributed by atoms with van der Waals surface area (Å²) in [6, 6.07) is 13.9. The van der Waals surface area contributed by atoms with Crippen molar-refractivity contribution in [2.45, 2.75) is 25.7 Å². The van der Waals surface area contributed by atoms with Gasteiger partial charge < -0.3 is 0 Å². The average Bonchev–Trinajstić information content (AvgIpc) is 3.24. The van der Waals surface area contributed by atoms with E-state index < -0.39 is 11.7 Å². The van der Waals surface area contributed by atoms with Crippen molar-refractivity contribution in [2.24, 2.45) is 0 Å². The number of para-hydroxylation sites is 1. The second-order valence-electron chi connectivity index (χ2n) is 7.66. The molecule has 6 heteroatoms. The number of Topliss-reactive ketones (excluding diaryl/α,β-unsaturated/α-hetero) is 1. The van der Waals surface area contributed by atoms with E-state index in [1.807, 2.05) is 37.3 Å². The predicted molar refractivity (Wildman–Crippen MR) is 111 cm³/mol. The molecule has 5 rings (SSSR count). The van der Waals surface area contributed by atoms with Crippen molar-refractivity contribution in [2.75, 3.05) is 24.7 Å². The number of thiazole rings is 1. The number of piperidine rings is 1. The fraction of sp³-hybridized carbons (Fsp3) is 0.318. The van der Waals surface area contributed by atoms with E-state index in [-0.39, 0.29) is 0 Å². The van der Waals surface area contributed by atoms with E-state index >= 15 is 0 Å². The number of benzene rings is 2. The second-order valence-corrected chi connectivity index (χ2v) is 8.72. The van der Waals surface area contributed by atoms with Gasteiger partial charge in [-0.05, 0) is 50.6 Å². The highest BCUT2D eigenvalue weighted by atomic mass is 32.1. The molecule has 28 heavy (non-hydrogen) atoms. The fourth-order valence-electron chi connectivity index (χ4n) is 4.20. The molecule has 142 valence electrons. The molecular formula is C22H21N3O2S. The zero-order valence-electron chi connectivity index (χ0n) is 15.7. The monoisotopic (exact) mass is 391 g/mol. The van der Waals surface area contributed by atoms with Gasteiger partial charge in [-0.2, -0.15) is 0 Å². The standard InChI is InChI=1S/C22H21N3O2S/c1-14-8-9-18-16(11-14)20(26)22(27)25(18)13-24-10-4-5-15(12-24)21-23-17-6-2-3-7-19(17)28-21/h2-3,6-9,11,15H,4-5,10,12-13H2,1H3/t15-/m0/s1. The number of aryl methyl sites for hydroxylation is 1. The second kappa shape index (κ2) is 6.79. The van der Waals surface area contributed by atoms with Gasteiger partial charge in [0.1, 0.15) is 0 Å². The van der Waals surface area contributed by atoms with Gasteiger partial charge in [-0.15, -0.1) is 11.3 Å². The molecule has 2 aliphatic heterocycles. The predicted octanol–water partition coefficient (Wildman–Crippen LogP) is 3.97. The van der Waals surface area contributed by atoms with Gasteiger partial charge in [0.15, 0.2) is 0 Å². The molecule has 0 bridgehead atoms. The van der Waals surface area contributed by atoms with Crippen molar-refractivity contribution in [3.8, 4) is 0 Å². The average molecular weight is 391 g/mol. The Morgan fingerprint density at radius 1 is 1.18 bits per heavy atom. The van der Waals surface area contributed by atoms with E-state index in [1.165, 1.54) is 9.71 Å². The van der Waals surface area contributed by atoms with Gasteiger partial charge in [-0.1, -0.05) is 23.8 Å². The van der Waals surface area contributed by atoms with Gasteiger partial charge in [-0.3, -0.25) is 19.4 Å². The molecule has 0 radical (unpaired) electrons. The lowest BCUT2D eigenvalue weighted by Crippen LogP contribution is -2.44. The first-order valence-electron chi connectivity index (χ1n) is 9.65. The Balaban J connectivity index is 1.36. The molecule has 5 nitrogen and oxygen atoms in total. The van der Waals surface area contributed by atoms with Crippen LogP contribution in [0.15, 0.2) is 42.5 Å². The zero-order chi connectivity index (χ0) is 19.3. The van der Waals surface area contributed by atoms with E-state index in [9.17, 15) is 9.59 Å². The quantitative estimate of drug-likeness (QED) is 0.634. The van der Waals surface area contributed by atoms with Crippen LogP contribution in [0.25, 0.3) is 10.2 Å². The fourth-order valence-corrected chi connectivity index (χ4v) is 5.30. The first kappa shape index (κ1) is 17.5. The molecule has 0 saturated carbocycles. The van der Waals surface area contributed by atoms with Crippen LogP contribution in [-0.4, -0.2) is 41.3 Å². The third kappa shape index (κ3) is 2.93. The van der Waals surface area contributed by atoms with Crippen LogP contribution in [0, 0.1) is 6.92 Å². The third-order valence-electron chi connectivity index (χ3n) is 5.63. The highest BCUT2D eigenvalue weighted by Gasteiger charge is 2.37. The summed E-state index contributed by atoms with van der Waals surface area (Å²) >= 11 is 1.77. The number of anilines is 1. The van der Waals surface area contributed by atoms with Gasteiger partial charge >= 0.3 is 5.91 Å². The Kier molecular flexibility index (Phi) is 4.25. The van der Waals surface area contributed by atoms with Crippen LogP contribution in [0.4, 0.5) is 5.69 Å². The number of ketones is 1. The Labute approximate surface area is 167 Å². The first-order chi connectivity index (χ1) is 13.6. The van der Waals surface area contributed by atoms with Gasteiger partial charge in [0.25, 0.3) is 5.78 Å². The topological polar surface area (TPSA) is 53.5 Å². The lowest BCUT2D eigenvalue weighted by atomic mass is 9.99. The molecular weight excluding hydrogens is 370 g/mol. The Morgan fingerprint density at radius 3 is 2.89 bits per heavy atom. The van der Waals surface area contributed by atoms with Crippen molar-refractivity contribution in [3.63, 3.8) is 0 Å². The van der Waals surface area contributed by atoms with Gasteiger partial charge in [-0.25, -0.2) is 4.98 Å². The van der Waals surface area contributed by atoms with Gasteiger partial charge in [0.05, 0.1) is 33.1 Å². The smallest absolute Gasteiger partial charge is 0.291 e. The highest BCUT2D eigenvalue weighted by molar-refractivity contribution is 7.18. The number of nitrogens with zero attached hydrogens (tertiary/aromatic N) is 3. The summed E-state index contributed by atoms with van der Waals surface area (Å²) in [5, 5.41) is 1.17. The Morgan fingerprint density at radius 2 is 2.04 bits per heavy atom. The molecule has 1 fully saturated rings. The minimum Gasteiger partial charge on any atom is -0.291 e. The van der Waals surface area contributed by atoms with Crippen molar-refractivity contribution in [3.05, 3.63) is 58.6 Å². The maximum Gasteiger partial charge on any atom is 0.300 e. The number of fused-ring (bicyclic) bond motifs is 2. The number of hydrogen-bond acceptors (Lipinski definition) is 5. The SMILES string of the molecule is Cc1ccc2c(c1)C(=O)C(=O)N2CN1CCC[C@H](c2nc3ccccc3s2)C1. The molecule has 1 atom stereocenters. The van der Waals surface area contributed by atoms with Crippen LogP contribution >= 0.6 is 11.3 Å². The number of carbonyl (C=O) groups is 2. The van der Waals surface area contributed by atoms with Gasteiger partial charge in [0, 0.05) is 12.5 Å². The summed E-state index contributed by atoms with van der Waals surface area (Å²) in [5.74, 6) is -0.432. The summed E-state index contributed by atoms with van der Waals surface area (Å²) in [5.41, 5.74) is 3.33. The minimum atomic E-state index is -0.414. The largest absolute Gasteiger partial charge is 0.300 e. The maximum atomic E-state index is 12.6. The highest BCUT2D eigenvalue weighted by Crippen LogP contribution is 2.34. The van der Waals surface area contributed by atoms with Crippen molar-refractivity contribution < 1.29 is 9.59 Å². The maximum absolute atomic E-state index is 12.6. The van der Waals surface area contributed by atoms with Crippen LogP contribution in [0.2, 0.25) is 0 Å². The number of carbonyl (C=O) groups excluding carboxylic acids is 2. The molecule has 0 aliphatic carbocycles. The van der Waals surface area contributed by atoms with Gasteiger partial charge in [0.2, 0.25) is 0 Å². The molecule has 1 saturated heterocycles. The number of aromatic nitrogens is 1. The molecule has 0 unspecified atom stereocenters. The number of rotatable bonds is 3. The summed E-state index contributed by atoms with van der Waals surface area (Å²) in [4.78, 5) is 33.7. The minimum absolute atomic E-state index is 0.372. The van der Waals surface area contributed by atoms with Crippen molar-refractivity contribution in [1.82, 2.24) is 9.88 Å². The van der Waals surface area contributed by atoms with Crippen molar-refractivity contribution >= 4 is 38.9 Å². The summed E-state index contributed by atoms with van der Waals surface area (Å²) in [7, 11) is 0. The molecule has 3 heterocycles. The Bertz CT molecular complexity index is 1060. The summed E-state index contributed by atoms with van der Waals surface area (Å²) < 4.78 is 1.22. The first-order valence-corrected chi connectivity index (χ1v) is 10.5. The number of hydrogen-bond donors (Lipinski definition) is 0. The molecule has 3 aromatic rings. The van der Waals surface area contributed by atoms with Crippen LogP contribution in [0.5, 0.6) is 0 Å². The third-order valence-corrected chi connectivity index (χ3v) is 6.83. The van der Waals surface area contributed by atoms with E-state index in [0.717, 1.165) is 42.7 Å². The molecule has 1 aromatic heterocycles. The van der Waals surface area contributed by atoms with Crippen LogP contribution in [0.3, 0.4) is 0 Å². The normalized spacial score (nSPS) is 20.2. The lowest BCUT2D eigenvalue weighted by molar-refractivity contribution is -0.114. The Hall–Kier alpha value is -2.57.